The molecular weight excluding hydrogens is 278 g/mol. The third-order valence-electron chi connectivity index (χ3n) is 3.26. The molecule has 0 bridgehead atoms. The summed E-state index contributed by atoms with van der Waals surface area (Å²) in [6.07, 6.45) is 4.07. The Balaban J connectivity index is 2.12. The summed E-state index contributed by atoms with van der Waals surface area (Å²) in [5.74, 6) is 1.86. The fourth-order valence-electron chi connectivity index (χ4n) is 2.22. The highest BCUT2D eigenvalue weighted by molar-refractivity contribution is 9.10. The van der Waals surface area contributed by atoms with Gasteiger partial charge >= 0.3 is 0 Å². The molecule has 1 aromatic rings. The molecule has 0 amide bonds. The summed E-state index contributed by atoms with van der Waals surface area (Å²) in [4.78, 5) is 0. The summed E-state index contributed by atoms with van der Waals surface area (Å²) in [6.45, 7) is 4.36. The van der Waals surface area contributed by atoms with Crippen LogP contribution in [0, 0.1) is 12.8 Å². The van der Waals surface area contributed by atoms with Gasteiger partial charge in [0.05, 0.1) is 12.8 Å². The predicted octanol–water partition coefficient (Wildman–Crippen LogP) is 4.37. The van der Waals surface area contributed by atoms with Gasteiger partial charge in [0.25, 0.3) is 0 Å². The third kappa shape index (κ3) is 3.38. The summed E-state index contributed by atoms with van der Waals surface area (Å²) in [7, 11) is 1.72. The number of anilines is 1. The summed E-state index contributed by atoms with van der Waals surface area (Å²) >= 11 is 3.50. The molecule has 0 spiro atoms. The van der Waals surface area contributed by atoms with Gasteiger partial charge in [-0.25, -0.2) is 0 Å². The van der Waals surface area contributed by atoms with Crippen LogP contribution in [0.1, 0.15) is 31.7 Å². The lowest BCUT2D eigenvalue weighted by Crippen LogP contribution is -2.17. The van der Waals surface area contributed by atoms with Gasteiger partial charge in [0.15, 0.2) is 0 Å². The highest BCUT2D eigenvalue weighted by Crippen LogP contribution is 2.36. The van der Waals surface area contributed by atoms with Crippen molar-refractivity contribution in [2.24, 2.45) is 5.92 Å². The van der Waals surface area contributed by atoms with Gasteiger partial charge in [0, 0.05) is 10.5 Å². The topological polar surface area (TPSA) is 21.3 Å². The van der Waals surface area contributed by atoms with Crippen molar-refractivity contribution in [1.82, 2.24) is 0 Å². The lowest BCUT2D eigenvalue weighted by atomic mass is 10.1. The second-order valence-electron chi connectivity index (χ2n) is 5.02. The zero-order valence-electron chi connectivity index (χ0n) is 10.7. The minimum absolute atomic E-state index is 0.510. The number of halogens is 1. The van der Waals surface area contributed by atoms with Gasteiger partial charge in [0.1, 0.15) is 5.75 Å². The Kier molecular flexibility index (Phi) is 3.97. The second kappa shape index (κ2) is 5.30. The lowest BCUT2D eigenvalue weighted by molar-refractivity contribution is 0.415. The van der Waals surface area contributed by atoms with Crippen molar-refractivity contribution in [2.75, 3.05) is 12.4 Å². The van der Waals surface area contributed by atoms with E-state index in [1.807, 2.05) is 6.07 Å². The first-order chi connectivity index (χ1) is 8.10. The van der Waals surface area contributed by atoms with E-state index >= 15 is 0 Å². The summed E-state index contributed by atoms with van der Waals surface area (Å²) in [6, 6.07) is 4.64. The van der Waals surface area contributed by atoms with E-state index in [1.165, 1.54) is 24.8 Å². The van der Waals surface area contributed by atoms with E-state index in [2.05, 4.69) is 41.2 Å². The van der Waals surface area contributed by atoms with Gasteiger partial charge in [0.2, 0.25) is 0 Å². The molecule has 1 N–H and O–H groups in total. The number of aryl methyl sites for hydroxylation is 1. The first-order valence-corrected chi connectivity index (χ1v) is 7.00. The number of hydrogen-bond donors (Lipinski definition) is 1. The van der Waals surface area contributed by atoms with E-state index in [9.17, 15) is 0 Å². The van der Waals surface area contributed by atoms with Crippen molar-refractivity contribution < 1.29 is 4.74 Å². The molecule has 3 heteroatoms. The zero-order valence-corrected chi connectivity index (χ0v) is 12.3. The molecule has 0 heterocycles. The van der Waals surface area contributed by atoms with E-state index < -0.39 is 0 Å². The SMILES string of the molecule is COc1cc(Br)cc(C)c1NC(C)CC1CC1. The maximum atomic E-state index is 5.44. The van der Waals surface area contributed by atoms with Gasteiger partial charge < -0.3 is 10.1 Å². The minimum atomic E-state index is 0.510. The number of rotatable bonds is 5. The van der Waals surface area contributed by atoms with Crippen LogP contribution in [0.2, 0.25) is 0 Å². The monoisotopic (exact) mass is 297 g/mol. The molecule has 2 nitrogen and oxygen atoms in total. The minimum Gasteiger partial charge on any atom is -0.495 e. The van der Waals surface area contributed by atoms with E-state index in [-0.39, 0.29) is 0 Å². The third-order valence-corrected chi connectivity index (χ3v) is 3.72. The highest BCUT2D eigenvalue weighted by atomic mass is 79.9. The molecule has 1 atom stereocenters. The average Bonchev–Trinajstić information content (AvgIpc) is 3.05. The standard InChI is InChI=1S/C14H20BrNO/c1-9-6-12(15)8-13(17-3)14(9)16-10(2)7-11-4-5-11/h6,8,10-11,16H,4-5,7H2,1-3H3. The number of hydrogen-bond acceptors (Lipinski definition) is 2. The molecule has 1 saturated carbocycles. The lowest BCUT2D eigenvalue weighted by Gasteiger charge is -2.19. The Hall–Kier alpha value is -0.700. The Morgan fingerprint density at radius 2 is 2.18 bits per heavy atom. The van der Waals surface area contributed by atoms with E-state index in [0.29, 0.717) is 6.04 Å². The number of methoxy groups -OCH3 is 1. The van der Waals surface area contributed by atoms with Crippen LogP contribution in [0.5, 0.6) is 5.75 Å². The fraction of sp³-hybridized carbons (Fsp3) is 0.571. The van der Waals surface area contributed by atoms with Crippen LogP contribution >= 0.6 is 15.9 Å². The Morgan fingerprint density at radius 3 is 2.76 bits per heavy atom. The first kappa shape index (κ1) is 12.7. The molecule has 2 rings (SSSR count). The molecule has 1 aliphatic rings. The van der Waals surface area contributed by atoms with Crippen LogP contribution in [0.25, 0.3) is 0 Å². The van der Waals surface area contributed by atoms with Crippen molar-refractivity contribution in [3.63, 3.8) is 0 Å². The van der Waals surface area contributed by atoms with Crippen LogP contribution < -0.4 is 10.1 Å². The number of benzene rings is 1. The maximum Gasteiger partial charge on any atom is 0.143 e. The molecule has 17 heavy (non-hydrogen) atoms. The average molecular weight is 298 g/mol. The van der Waals surface area contributed by atoms with Crippen LogP contribution in [0.3, 0.4) is 0 Å². The molecule has 1 aromatic carbocycles. The fourth-order valence-corrected chi connectivity index (χ4v) is 2.77. The quantitative estimate of drug-likeness (QED) is 0.871. The van der Waals surface area contributed by atoms with Gasteiger partial charge in [-0.05, 0) is 43.9 Å². The molecule has 1 fully saturated rings. The number of ether oxygens (including phenoxy) is 1. The van der Waals surface area contributed by atoms with Gasteiger partial charge in [-0.3, -0.25) is 0 Å². The highest BCUT2D eigenvalue weighted by Gasteiger charge is 2.24. The van der Waals surface area contributed by atoms with Crippen LogP contribution in [-0.2, 0) is 0 Å². The van der Waals surface area contributed by atoms with Gasteiger partial charge in [-0.15, -0.1) is 0 Å². The van der Waals surface area contributed by atoms with E-state index in [4.69, 9.17) is 4.74 Å². The molecule has 1 aliphatic carbocycles. The van der Waals surface area contributed by atoms with Crippen molar-refractivity contribution in [3.05, 3.63) is 22.2 Å². The molecule has 0 radical (unpaired) electrons. The zero-order chi connectivity index (χ0) is 12.4. The van der Waals surface area contributed by atoms with Crippen LogP contribution in [0.4, 0.5) is 5.69 Å². The largest absolute Gasteiger partial charge is 0.495 e. The molecule has 0 saturated heterocycles. The van der Waals surface area contributed by atoms with Crippen molar-refractivity contribution >= 4 is 21.6 Å². The van der Waals surface area contributed by atoms with Crippen molar-refractivity contribution in [1.29, 1.82) is 0 Å². The Bertz CT molecular complexity index is 401. The van der Waals surface area contributed by atoms with Crippen LogP contribution in [0.15, 0.2) is 16.6 Å². The van der Waals surface area contributed by atoms with Gasteiger partial charge in [-0.1, -0.05) is 28.8 Å². The number of nitrogens with one attached hydrogen (secondary N) is 1. The molecule has 94 valence electrons. The smallest absolute Gasteiger partial charge is 0.143 e. The van der Waals surface area contributed by atoms with E-state index in [0.717, 1.165) is 21.8 Å². The van der Waals surface area contributed by atoms with Gasteiger partial charge in [-0.2, -0.15) is 0 Å². The summed E-state index contributed by atoms with van der Waals surface area (Å²) < 4.78 is 6.50. The second-order valence-corrected chi connectivity index (χ2v) is 5.94. The summed E-state index contributed by atoms with van der Waals surface area (Å²) in [5.41, 5.74) is 2.35. The van der Waals surface area contributed by atoms with Crippen molar-refractivity contribution in [2.45, 2.75) is 39.2 Å². The Morgan fingerprint density at radius 1 is 1.47 bits per heavy atom. The predicted molar refractivity (Wildman–Crippen MR) is 75.9 cm³/mol. The maximum absolute atomic E-state index is 5.44. The summed E-state index contributed by atoms with van der Waals surface area (Å²) in [5, 5.41) is 3.58. The Labute approximate surface area is 112 Å². The van der Waals surface area contributed by atoms with Crippen molar-refractivity contribution in [3.8, 4) is 5.75 Å². The molecular formula is C14H20BrNO. The van der Waals surface area contributed by atoms with E-state index in [1.54, 1.807) is 7.11 Å². The first-order valence-electron chi connectivity index (χ1n) is 6.21. The normalized spacial score (nSPS) is 16.7. The molecule has 0 aliphatic heterocycles. The molecule has 1 unspecified atom stereocenters. The van der Waals surface area contributed by atoms with Crippen LogP contribution in [-0.4, -0.2) is 13.2 Å². The molecule has 0 aromatic heterocycles.